The van der Waals surface area contributed by atoms with Crippen molar-refractivity contribution in [1.82, 2.24) is 15.5 Å². The van der Waals surface area contributed by atoms with Crippen LogP contribution in [0.1, 0.15) is 48.2 Å². The van der Waals surface area contributed by atoms with Crippen LogP contribution in [0, 0.1) is 0 Å². The van der Waals surface area contributed by atoms with Gasteiger partial charge in [0.05, 0.1) is 7.11 Å². The molecule has 6 nitrogen and oxygen atoms in total. The first-order valence-electron chi connectivity index (χ1n) is 9.26. The lowest BCUT2D eigenvalue weighted by atomic mass is 9.95. The van der Waals surface area contributed by atoms with E-state index >= 15 is 0 Å². The van der Waals surface area contributed by atoms with Crippen molar-refractivity contribution in [3.05, 3.63) is 47.7 Å². The molecule has 26 heavy (non-hydrogen) atoms. The summed E-state index contributed by atoms with van der Waals surface area (Å²) in [5.41, 5.74) is 1.48. The monoisotopic (exact) mass is 354 g/mol. The Bertz CT molecular complexity index is 695. The summed E-state index contributed by atoms with van der Waals surface area (Å²) in [4.78, 5) is 12.2. The second kappa shape index (κ2) is 9.17. The predicted molar refractivity (Wildman–Crippen MR) is 102 cm³/mol. The molecule has 1 aromatic heterocycles. The molecule has 0 atom stereocenters. The average Bonchev–Trinajstić information content (AvgIpc) is 2.70. The van der Waals surface area contributed by atoms with E-state index in [2.05, 4.69) is 20.8 Å². The summed E-state index contributed by atoms with van der Waals surface area (Å²) in [6, 6.07) is 11.9. The Morgan fingerprint density at radius 1 is 1.08 bits per heavy atom. The van der Waals surface area contributed by atoms with Gasteiger partial charge in [-0.15, -0.1) is 10.2 Å². The van der Waals surface area contributed by atoms with Crippen LogP contribution < -0.4 is 15.4 Å². The molecule has 3 rings (SSSR count). The van der Waals surface area contributed by atoms with Gasteiger partial charge in [-0.05, 0) is 49.1 Å². The average molecular weight is 354 g/mol. The summed E-state index contributed by atoms with van der Waals surface area (Å²) in [7, 11) is 1.65. The van der Waals surface area contributed by atoms with E-state index in [0.29, 0.717) is 18.3 Å². The maximum absolute atomic E-state index is 12.2. The van der Waals surface area contributed by atoms with E-state index < -0.39 is 0 Å². The van der Waals surface area contributed by atoms with Gasteiger partial charge >= 0.3 is 0 Å². The quantitative estimate of drug-likeness (QED) is 0.798. The van der Waals surface area contributed by atoms with Crippen molar-refractivity contribution < 1.29 is 9.53 Å². The third-order valence-corrected chi connectivity index (χ3v) is 4.71. The number of carbonyl (C=O) groups excluding carboxylic acids is 1. The molecule has 1 heterocycles. The van der Waals surface area contributed by atoms with E-state index in [0.717, 1.165) is 23.6 Å². The van der Waals surface area contributed by atoms with Gasteiger partial charge in [-0.2, -0.15) is 0 Å². The zero-order valence-corrected chi connectivity index (χ0v) is 15.2. The molecule has 2 aromatic rings. The Morgan fingerprint density at radius 3 is 2.50 bits per heavy atom. The second-order valence-corrected chi connectivity index (χ2v) is 6.64. The number of benzene rings is 1. The van der Waals surface area contributed by atoms with Crippen LogP contribution in [0.2, 0.25) is 0 Å². The first kappa shape index (κ1) is 18.2. The number of ether oxygens (including phenoxy) is 1. The van der Waals surface area contributed by atoms with E-state index in [1.165, 1.54) is 32.1 Å². The van der Waals surface area contributed by atoms with Crippen LogP contribution in [0.5, 0.6) is 5.75 Å². The SMILES string of the molecule is COc1ccc(CCNC(=O)c2ccc(NC3CCCCC3)nn2)cc1. The summed E-state index contributed by atoms with van der Waals surface area (Å²) < 4.78 is 5.14. The lowest BCUT2D eigenvalue weighted by molar-refractivity contribution is 0.0948. The zero-order valence-electron chi connectivity index (χ0n) is 15.2. The Hall–Kier alpha value is -2.63. The maximum Gasteiger partial charge on any atom is 0.271 e. The topological polar surface area (TPSA) is 76.1 Å². The minimum Gasteiger partial charge on any atom is -0.497 e. The van der Waals surface area contributed by atoms with E-state index in [4.69, 9.17) is 4.74 Å². The Balaban J connectivity index is 1.45. The molecule has 1 aliphatic carbocycles. The van der Waals surface area contributed by atoms with Crippen LogP contribution >= 0.6 is 0 Å². The van der Waals surface area contributed by atoms with Crippen LogP contribution in [0.25, 0.3) is 0 Å². The lowest BCUT2D eigenvalue weighted by Crippen LogP contribution is -2.27. The van der Waals surface area contributed by atoms with Crippen molar-refractivity contribution in [3.63, 3.8) is 0 Å². The first-order chi connectivity index (χ1) is 12.7. The third kappa shape index (κ3) is 5.18. The highest BCUT2D eigenvalue weighted by molar-refractivity contribution is 5.92. The summed E-state index contributed by atoms with van der Waals surface area (Å²) >= 11 is 0. The third-order valence-electron chi connectivity index (χ3n) is 4.71. The molecule has 1 amide bonds. The molecular weight excluding hydrogens is 328 g/mol. The highest BCUT2D eigenvalue weighted by atomic mass is 16.5. The molecule has 0 saturated heterocycles. The van der Waals surface area contributed by atoms with Gasteiger partial charge in [0.2, 0.25) is 0 Å². The van der Waals surface area contributed by atoms with Crippen LogP contribution in [0.15, 0.2) is 36.4 Å². The number of nitrogens with zero attached hydrogens (tertiary/aromatic N) is 2. The molecule has 1 aliphatic rings. The number of hydrogen-bond acceptors (Lipinski definition) is 5. The number of anilines is 1. The summed E-state index contributed by atoms with van der Waals surface area (Å²) in [6.45, 7) is 0.551. The largest absolute Gasteiger partial charge is 0.497 e. The van der Waals surface area contributed by atoms with Crippen LogP contribution in [-0.4, -0.2) is 35.8 Å². The number of aromatic nitrogens is 2. The molecule has 1 aromatic carbocycles. The van der Waals surface area contributed by atoms with Crippen molar-refractivity contribution in [3.8, 4) is 5.75 Å². The van der Waals surface area contributed by atoms with Crippen LogP contribution in [0.3, 0.4) is 0 Å². The van der Waals surface area contributed by atoms with Crippen molar-refractivity contribution in [2.24, 2.45) is 0 Å². The van der Waals surface area contributed by atoms with E-state index in [-0.39, 0.29) is 5.91 Å². The fraction of sp³-hybridized carbons (Fsp3) is 0.450. The fourth-order valence-corrected chi connectivity index (χ4v) is 3.19. The normalized spacial score (nSPS) is 14.7. The van der Waals surface area contributed by atoms with Crippen molar-refractivity contribution in [1.29, 1.82) is 0 Å². The number of amides is 1. The van der Waals surface area contributed by atoms with Crippen molar-refractivity contribution in [2.75, 3.05) is 19.0 Å². The second-order valence-electron chi connectivity index (χ2n) is 6.64. The summed E-state index contributed by atoms with van der Waals surface area (Å²) in [5.74, 6) is 1.37. The van der Waals surface area contributed by atoms with E-state index in [9.17, 15) is 4.79 Å². The van der Waals surface area contributed by atoms with Crippen molar-refractivity contribution >= 4 is 11.7 Å². The van der Waals surface area contributed by atoms with Gasteiger partial charge in [0, 0.05) is 12.6 Å². The highest BCUT2D eigenvalue weighted by Crippen LogP contribution is 2.20. The molecule has 0 radical (unpaired) electrons. The van der Waals surface area contributed by atoms with E-state index in [1.54, 1.807) is 13.2 Å². The van der Waals surface area contributed by atoms with Gasteiger partial charge in [-0.25, -0.2) is 0 Å². The predicted octanol–water partition coefficient (Wildman–Crippen LogP) is 3.20. The van der Waals surface area contributed by atoms with Gasteiger partial charge in [0.15, 0.2) is 5.69 Å². The molecule has 0 unspecified atom stereocenters. The van der Waals surface area contributed by atoms with Crippen molar-refractivity contribution in [2.45, 2.75) is 44.6 Å². The van der Waals surface area contributed by atoms with Gasteiger partial charge in [0.25, 0.3) is 5.91 Å². The molecule has 2 N–H and O–H groups in total. The molecule has 0 spiro atoms. The summed E-state index contributed by atoms with van der Waals surface area (Å²) in [6.07, 6.45) is 6.95. The van der Waals surface area contributed by atoms with Gasteiger partial charge in [0.1, 0.15) is 11.6 Å². The van der Waals surface area contributed by atoms with Crippen LogP contribution in [0.4, 0.5) is 5.82 Å². The number of rotatable bonds is 7. The Kier molecular flexibility index (Phi) is 6.41. The van der Waals surface area contributed by atoms with E-state index in [1.807, 2.05) is 30.3 Å². The first-order valence-corrected chi connectivity index (χ1v) is 9.26. The minimum absolute atomic E-state index is 0.199. The smallest absolute Gasteiger partial charge is 0.271 e. The van der Waals surface area contributed by atoms with Crippen LogP contribution in [-0.2, 0) is 6.42 Å². The molecular formula is C20H26N4O2. The molecule has 0 bridgehead atoms. The molecule has 0 aliphatic heterocycles. The highest BCUT2D eigenvalue weighted by Gasteiger charge is 2.14. The minimum atomic E-state index is -0.199. The number of carbonyl (C=O) groups is 1. The molecule has 6 heteroatoms. The Morgan fingerprint density at radius 2 is 1.85 bits per heavy atom. The zero-order chi connectivity index (χ0) is 18.2. The summed E-state index contributed by atoms with van der Waals surface area (Å²) in [5, 5.41) is 14.5. The van der Waals surface area contributed by atoms with Gasteiger partial charge in [-0.1, -0.05) is 31.4 Å². The molecule has 138 valence electrons. The number of nitrogens with one attached hydrogen (secondary N) is 2. The molecule has 1 fully saturated rings. The Labute approximate surface area is 154 Å². The van der Waals surface area contributed by atoms with Gasteiger partial charge < -0.3 is 15.4 Å². The standard InChI is InChI=1S/C20H26N4O2/c1-26-17-9-7-15(8-10-17)13-14-21-20(25)18-11-12-19(24-23-18)22-16-5-3-2-4-6-16/h7-12,16H,2-6,13-14H2,1H3,(H,21,25)(H,22,24). The lowest BCUT2D eigenvalue weighted by Gasteiger charge is -2.22. The van der Waals surface area contributed by atoms with Gasteiger partial charge in [-0.3, -0.25) is 4.79 Å². The number of hydrogen-bond donors (Lipinski definition) is 2. The maximum atomic E-state index is 12.2. The number of methoxy groups -OCH3 is 1. The fourth-order valence-electron chi connectivity index (χ4n) is 3.19. The molecule has 1 saturated carbocycles.